The number of rotatable bonds is 8. The molecule has 33 heavy (non-hydrogen) atoms. The molecule has 0 bridgehead atoms. The molecule has 6 heteroatoms. The minimum absolute atomic E-state index is 0.0798. The summed E-state index contributed by atoms with van der Waals surface area (Å²) >= 11 is 0. The third-order valence-corrected chi connectivity index (χ3v) is 6.35. The number of fused-ring (bicyclic) bond motifs is 1. The molecule has 2 amide bonds. The molecule has 1 heterocycles. The zero-order chi connectivity index (χ0) is 23.5. The minimum Gasteiger partial charge on any atom is -0.481 e. The molecule has 1 N–H and O–H groups in total. The van der Waals surface area contributed by atoms with E-state index in [2.05, 4.69) is 5.32 Å². The molecule has 176 valence electrons. The number of benzene rings is 2. The summed E-state index contributed by atoms with van der Waals surface area (Å²) in [4.78, 5) is 27.6. The van der Waals surface area contributed by atoms with Crippen LogP contribution < -0.4 is 10.1 Å². The third kappa shape index (κ3) is 5.37. The second kappa shape index (κ2) is 9.94. The Labute approximate surface area is 195 Å². The van der Waals surface area contributed by atoms with Gasteiger partial charge in [-0.1, -0.05) is 39.0 Å². The van der Waals surface area contributed by atoms with Gasteiger partial charge in [0.15, 0.2) is 6.10 Å². The van der Waals surface area contributed by atoms with Gasteiger partial charge in [0.05, 0.1) is 6.04 Å². The molecule has 1 aliphatic heterocycles. The van der Waals surface area contributed by atoms with Crippen LogP contribution in [-0.4, -0.2) is 35.9 Å². The van der Waals surface area contributed by atoms with E-state index in [0.29, 0.717) is 31.2 Å². The van der Waals surface area contributed by atoms with Crippen molar-refractivity contribution >= 4 is 11.8 Å². The van der Waals surface area contributed by atoms with Crippen LogP contribution in [0.25, 0.3) is 0 Å². The molecule has 2 atom stereocenters. The number of halogens is 1. The SMILES string of the molecule is CCC(Oc1ccc2c(c1)C(c1cccc(F)c1)N(C(=O)C1CC1)CC2)C(=O)NCC(C)C. The first-order chi connectivity index (χ1) is 15.9. The van der Waals surface area contributed by atoms with Gasteiger partial charge in [-0.3, -0.25) is 9.59 Å². The fourth-order valence-electron chi connectivity index (χ4n) is 4.41. The summed E-state index contributed by atoms with van der Waals surface area (Å²) in [6.07, 6.45) is 2.53. The summed E-state index contributed by atoms with van der Waals surface area (Å²) in [5, 5.41) is 2.94. The van der Waals surface area contributed by atoms with E-state index in [1.807, 2.05) is 49.9 Å². The van der Waals surface area contributed by atoms with E-state index in [0.717, 1.165) is 36.0 Å². The molecule has 5 nitrogen and oxygen atoms in total. The number of nitrogens with zero attached hydrogens (tertiary/aromatic N) is 1. The van der Waals surface area contributed by atoms with E-state index in [1.165, 1.54) is 12.1 Å². The molecule has 0 aromatic heterocycles. The van der Waals surface area contributed by atoms with Gasteiger partial charge in [0, 0.05) is 19.0 Å². The summed E-state index contributed by atoms with van der Waals surface area (Å²) in [5.74, 6) is 0.714. The van der Waals surface area contributed by atoms with Crippen LogP contribution in [0.1, 0.15) is 62.8 Å². The smallest absolute Gasteiger partial charge is 0.261 e. The number of hydrogen-bond donors (Lipinski definition) is 1. The van der Waals surface area contributed by atoms with Crippen molar-refractivity contribution in [1.82, 2.24) is 10.2 Å². The first-order valence-electron chi connectivity index (χ1n) is 12.0. The highest BCUT2D eigenvalue weighted by atomic mass is 19.1. The Hall–Kier alpha value is -2.89. The number of carbonyl (C=O) groups excluding carboxylic acids is 2. The second-order valence-corrected chi connectivity index (χ2v) is 9.53. The van der Waals surface area contributed by atoms with Crippen molar-refractivity contribution < 1.29 is 18.7 Å². The number of amides is 2. The Morgan fingerprint density at radius 2 is 1.97 bits per heavy atom. The van der Waals surface area contributed by atoms with E-state index < -0.39 is 6.10 Å². The van der Waals surface area contributed by atoms with Crippen LogP contribution in [0, 0.1) is 17.7 Å². The monoisotopic (exact) mass is 452 g/mol. The molecule has 2 aliphatic rings. The number of hydrogen-bond acceptors (Lipinski definition) is 3. The summed E-state index contributed by atoms with van der Waals surface area (Å²) in [6, 6.07) is 11.9. The number of ether oxygens (including phenoxy) is 1. The van der Waals surface area contributed by atoms with Crippen LogP contribution in [0.15, 0.2) is 42.5 Å². The Kier molecular flexibility index (Phi) is 7.01. The Morgan fingerprint density at radius 3 is 2.64 bits per heavy atom. The highest BCUT2D eigenvalue weighted by molar-refractivity contribution is 5.82. The van der Waals surface area contributed by atoms with Crippen LogP contribution in [0.3, 0.4) is 0 Å². The lowest BCUT2D eigenvalue weighted by atomic mass is 9.87. The standard InChI is InChI=1S/C27H33FN2O3/c1-4-24(26(31)29-16-17(2)3)33-22-11-10-18-12-13-30(27(32)19-8-9-19)25(23(18)15-22)20-6-5-7-21(28)14-20/h5-7,10-11,14-15,17,19,24-25H,4,8-9,12-13,16H2,1-3H3,(H,29,31). The zero-order valence-corrected chi connectivity index (χ0v) is 19.6. The van der Waals surface area contributed by atoms with Crippen molar-refractivity contribution in [1.29, 1.82) is 0 Å². The van der Waals surface area contributed by atoms with Crippen molar-refractivity contribution in [2.45, 2.75) is 58.6 Å². The number of carbonyl (C=O) groups is 2. The fraction of sp³-hybridized carbons (Fsp3) is 0.481. The Bertz CT molecular complexity index is 1020. The molecule has 2 unspecified atom stereocenters. The van der Waals surface area contributed by atoms with E-state index in [1.54, 1.807) is 6.07 Å². The van der Waals surface area contributed by atoms with Crippen LogP contribution in [0.5, 0.6) is 5.75 Å². The lowest BCUT2D eigenvalue weighted by molar-refractivity contribution is -0.134. The molecule has 1 aliphatic carbocycles. The molecule has 0 saturated heterocycles. The lowest BCUT2D eigenvalue weighted by Crippen LogP contribution is -2.41. The van der Waals surface area contributed by atoms with Gasteiger partial charge in [0.1, 0.15) is 11.6 Å². The van der Waals surface area contributed by atoms with Crippen LogP contribution in [-0.2, 0) is 16.0 Å². The molecular weight excluding hydrogens is 419 g/mol. The van der Waals surface area contributed by atoms with Crippen LogP contribution >= 0.6 is 0 Å². The lowest BCUT2D eigenvalue weighted by Gasteiger charge is -2.38. The molecule has 1 saturated carbocycles. The van der Waals surface area contributed by atoms with E-state index >= 15 is 0 Å². The summed E-state index contributed by atoms with van der Waals surface area (Å²) in [5.41, 5.74) is 2.81. The quantitative estimate of drug-likeness (QED) is 0.635. The van der Waals surface area contributed by atoms with Gasteiger partial charge in [-0.15, -0.1) is 0 Å². The topological polar surface area (TPSA) is 58.6 Å². The van der Waals surface area contributed by atoms with Gasteiger partial charge in [0.25, 0.3) is 5.91 Å². The van der Waals surface area contributed by atoms with Crippen molar-refractivity contribution in [2.75, 3.05) is 13.1 Å². The summed E-state index contributed by atoms with van der Waals surface area (Å²) < 4.78 is 20.2. The Morgan fingerprint density at radius 1 is 1.18 bits per heavy atom. The van der Waals surface area contributed by atoms with Crippen molar-refractivity contribution in [2.24, 2.45) is 11.8 Å². The maximum Gasteiger partial charge on any atom is 0.261 e. The average Bonchev–Trinajstić information content (AvgIpc) is 3.65. The minimum atomic E-state index is -0.595. The average molecular weight is 453 g/mol. The Balaban J connectivity index is 1.64. The van der Waals surface area contributed by atoms with Crippen molar-refractivity contribution in [3.63, 3.8) is 0 Å². The fourth-order valence-corrected chi connectivity index (χ4v) is 4.41. The molecule has 4 rings (SSSR count). The summed E-state index contributed by atoms with van der Waals surface area (Å²) in [7, 11) is 0. The molecule has 1 fully saturated rings. The molecular formula is C27H33FN2O3. The molecule has 0 spiro atoms. The number of nitrogens with one attached hydrogen (secondary N) is 1. The van der Waals surface area contributed by atoms with Gasteiger partial charge in [-0.25, -0.2) is 4.39 Å². The first kappa shape index (κ1) is 23.3. The van der Waals surface area contributed by atoms with E-state index in [4.69, 9.17) is 4.74 Å². The van der Waals surface area contributed by atoms with Gasteiger partial charge in [0.2, 0.25) is 5.91 Å². The van der Waals surface area contributed by atoms with Gasteiger partial charge in [-0.05, 0) is 72.6 Å². The highest BCUT2D eigenvalue weighted by Gasteiger charge is 2.39. The van der Waals surface area contributed by atoms with E-state index in [9.17, 15) is 14.0 Å². The summed E-state index contributed by atoms with van der Waals surface area (Å²) in [6.45, 7) is 7.23. The van der Waals surface area contributed by atoms with Crippen molar-refractivity contribution in [3.05, 3.63) is 65.0 Å². The highest BCUT2D eigenvalue weighted by Crippen LogP contribution is 2.41. The van der Waals surface area contributed by atoms with Crippen LogP contribution in [0.2, 0.25) is 0 Å². The van der Waals surface area contributed by atoms with Crippen LogP contribution in [0.4, 0.5) is 4.39 Å². The van der Waals surface area contributed by atoms with Gasteiger partial charge in [-0.2, -0.15) is 0 Å². The van der Waals surface area contributed by atoms with Gasteiger partial charge >= 0.3 is 0 Å². The zero-order valence-electron chi connectivity index (χ0n) is 19.6. The maximum absolute atomic E-state index is 14.1. The predicted octanol–water partition coefficient (Wildman–Crippen LogP) is 4.64. The third-order valence-electron chi connectivity index (χ3n) is 6.35. The second-order valence-electron chi connectivity index (χ2n) is 9.53. The predicted molar refractivity (Wildman–Crippen MR) is 125 cm³/mol. The normalized spacial score (nSPS) is 18.6. The molecule has 2 aromatic carbocycles. The largest absolute Gasteiger partial charge is 0.481 e. The molecule has 0 radical (unpaired) electrons. The van der Waals surface area contributed by atoms with Crippen molar-refractivity contribution in [3.8, 4) is 5.75 Å². The maximum atomic E-state index is 14.1. The van der Waals surface area contributed by atoms with Gasteiger partial charge < -0.3 is 15.0 Å². The van der Waals surface area contributed by atoms with E-state index in [-0.39, 0.29) is 29.6 Å². The molecule has 2 aromatic rings. The first-order valence-corrected chi connectivity index (χ1v) is 12.0.